The van der Waals surface area contributed by atoms with Gasteiger partial charge in [-0.05, 0) is 43.2 Å². The van der Waals surface area contributed by atoms with Crippen molar-refractivity contribution in [2.75, 3.05) is 6.61 Å². The lowest BCUT2D eigenvalue weighted by atomic mass is 9.88. The highest BCUT2D eigenvalue weighted by Gasteiger charge is 2.53. The van der Waals surface area contributed by atoms with Crippen molar-refractivity contribution in [3.63, 3.8) is 0 Å². The summed E-state index contributed by atoms with van der Waals surface area (Å²) in [6, 6.07) is 10.9. The first-order valence-electron chi connectivity index (χ1n) is 9.07. The van der Waals surface area contributed by atoms with Gasteiger partial charge in [-0.2, -0.15) is 0 Å². The van der Waals surface area contributed by atoms with Crippen molar-refractivity contribution in [1.82, 2.24) is 0 Å². The lowest BCUT2D eigenvalue weighted by Crippen LogP contribution is -2.66. The topological polar surface area (TPSA) is 116 Å². The monoisotopic (exact) mass is 406 g/mol. The van der Waals surface area contributed by atoms with Crippen molar-refractivity contribution in [2.24, 2.45) is 0 Å². The zero-order valence-electron chi connectivity index (χ0n) is 15.9. The molecule has 2 aromatic carbocycles. The van der Waals surface area contributed by atoms with Gasteiger partial charge in [-0.3, -0.25) is 4.79 Å². The zero-order chi connectivity index (χ0) is 21.3. The van der Waals surface area contributed by atoms with Gasteiger partial charge in [-0.15, -0.1) is 0 Å². The molecular weight excluding hydrogens is 383 g/mol. The van der Waals surface area contributed by atoms with Crippen LogP contribution in [0, 0.1) is 5.82 Å². The molecule has 7 nitrogen and oxygen atoms in total. The normalized spacial score (nSPS) is 29.5. The van der Waals surface area contributed by atoms with Crippen LogP contribution in [-0.4, -0.2) is 63.0 Å². The average molecular weight is 406 g/mol. The van der Waals surface area contributed by atoms with Gasteiger partial charge in [0.1, 0.15) is 18.3 Å². The Balaban J connectivity index is 1.85. The van der Waals surface area contributed by atoms with Gasteiger partial charge < -0.3 is 29.9 Å². The SMILES string of the molecule is CC(=O)c1cccc(-c2ccc(O[C@H]3OC(CO)[C@@H](O)C(O)[C@]3(C)O)c(F)c2)c1. The maximum Gasteiger partial charge on any atom is 0.231 e. The van der Waals surface area contributed by atoms with Gasteiger partial charge in [0.05, 0.1) is 6.61 Å². The molecule has 3 rings (SSSR count). The van der Waals surface area contributed by atoms with Crippen molar-refractivity contribution < 1.29 is 39.1 Å². The summed E-state index contributed by atoms with van der Waals surface area (Å²) < 4.78 is 25.4. The first kappa shape index (κ1) is 21.4. The summed E-state index contributed by atoms with van der Waals surface area (Å²) in [5, 5.41) is 39.7. The molecule has 0 aromatic heterocycles. The highest BCUT2D eigenvalue weighted by atomic mass is 19.1. The minimum Gasteiger partial charge on any atom is -0.459 e. The van der Waals surface area contributed by atoms with E-state index in [1.807, 2.05) is 0 Å². The van der Waals surface area contributed by atoms with Gasteiger partial charge >= 0.3 is 0 Å². The van der Waals surface area contributed by atoms with E-state index in [4.69, 9.17) is 9.47 Å². The van der Waals surface area contributed by atoms with Crippen molar-refractivity contribution in [2.45, 2.75) is 44.1 Å². The van der Waals surface area contributed by atoms with Gasteiger partial charge in [0, 0.05) is 5.56 Å². The van der Waals surface area contributed by atoms with Gasteiger partial charge in [0.2, 0.25) is 6.29 Å². The fraction of sp³-hybridized carbons (Fsp3) is 0.381. The number of carbonyl (C=O) groups excluding carboxylic acids is 1. The first-order chi connectivity index (χ1) is 13.6. The molecule has 2 unspecified atom stereocenters. The van der Waals surface area contributed by atoms with Crippen LogP contribution in [0.2, 0.25) is 0 Å². The quantitative estimate of drug-likeness (QED) is 0.553. The van der Waals surface area contributed by atoms with Crippen LogP contribution in [-0.2, 0) is 4.74 Å². The van der Waals surface area contributed by atoms with E-state index >= 15 is 0 Å². The lowest BCUT2D eigenvalue weighted by molar-refractivity contribution is -0.315. The molecule has 0 radical (unpaired) electrons. The summed E-state index contributed by atoms with van der Waals surface area (Å²) >= 11 is 0. The average Bonchev–Trinajstić information content (AvgIpc) is 2.70. The highest BCUT2D eigenvalue weighted by Crippen LogP contribution is 2.33. The molecule has 1 heterocycles. The second kappa shape index (κ2) is 8.17. The Morgan fingerprint density at radius 3 is 2.52 bits per heavy atom. The van der Waals surface area contributed by atoms with Gasteiger partial charge in [0.15, 0.2) is 23.0 Å². The van der Waals surface area contributed by atoms with Crippen LogP contribution in [0.4, 0.5) is 4.39 Å². The number of benzene rings is 2. The number of carbonyl (C=O) groups is 1. The minimum atomic E-state index is -2.05. The number of Topliss-reactive ketones (excluding diaryl/α,β-unsaturated/α-hetero) is 1. The molecule has 8 heteroatoms. The number of hydrogen-bond acceptors (Lipinski definition) is 7. The number of ketones is 1. The third-order valence-electron chi connectivity index (χ3n) is 5.03. The van der Waals surface area contributed by atoms with Crippen LogP contribution in [0.1, 0.15) is 24.2 Å². The maximum atomic E-state index is 14.7. The lowest BCUT2D eigenvalue weighted by Gasteiger charge is -2.45. The molecule has 1 aliphatic rings. The molecule has 0 amide bonds. The number of aliphatic hydroxyl groups is 4. The summed E-state index contributed by atoms with van der Waals surface area (Å²) in [6.07, 6.45) is -5.93. The summed E-state index contributed by atoms with van der Waals surface area (Å²) in [7, 11) is 0. The van der Waals surface area contributed by atoms with Crippen molar-refractivity contribution >= 4 is 5.78 Å². The van der Waals surface area contributed by atoms with Gasteiger partial charge in [-0.25, -0.2) is 4.39 Å². The maximum absolute atomic E-state index is 14.7. The van der Waals surface area contributed by atoms with E-state index < -0.39 is 42.6 Å². The molecule has 156 valence electrons. The van der Waals surface area contributed by atoms with E-state index in [2.05, 4.69) is 0 Å². The van der Waals surface area contributed by atoms with Gasteiger partial charge in [-0.1, -0.05) is 24.3 Å². The van der Waals surface area contributed by atoms with E-state index in [0.29, 0.717) is 16.7 Å². The number of ether oxygens (including phenoxy) is 2. The largest absolute Gasteiger partial charge is 0.459 e. The predicted octanol–water partition coefficient (Wildman–Crippen LogP) is 1.26. The fourth-order valence-corrected chi connectivity index (χ4v) is 3.17. The third kappa shape index (κ3) is 4.17. The van der Waals surface area contributed by atoms with E-state index in [1.165, 1.54) is 26.0 Å². The molecule has 5 atom stereocenters. The molecule has 1 aliphatic heterocycles. The van der Waals surface area contributed by atoms with E-state index in [-0.39, 0.29) is 11.5 Å². The van der Waals surface area contributed by atoms with E-state index in [1.54, 1.807) is 30.3 Å². The highest BCUT2D eigenvalue weighted by molar-refractivity contribution is 5.95. The van der Waals surface area contributed by atoms with E-state index in [0.717, 1.165) is 0 Å². The molecule has 0 aliphatic carbocycles. The Kier molecular flexibility index (Phi) is 6.02. The Hall–Kier alpha value is -2.36. The number of aliphatic hydroxyl groups excluding tert-OH is 3. The van der Waals surface area contributed by atoms with Crippen LogP contribution >= 0.6 is 0 Å². The summed E-state index contributed by atoms with van der Waals surface area (Å²) in [4.78, 5) is 11.5. The van der Waals surface area contributed by atoms with Gasteiger partial charge in [0.25, 0.3) is 0 Å². The van der Waals surface area contributed by atoms with Crippen molar-refractivity contribution in [1.29, 1.82) is 0 Å². The van der Waals surface area contributed by atoms with Crippen LogP contribution in [0.25, 0.3) is 11.1 Å². The standard InChI is InChI=1S/C21H23FO7/c1-11(24)12-4-3-5-13(8-12)14-6-7-16(15(22)9-14)28-20-21(2,27)19(26)18(25)17(10-23)29-20/h3-9,17-20,23,25-27H,10H2,1-2H3/t17?,18-,19?,20+,21+/m1/s1. The number of hydrogen-bond donors (Lipinski definition) is 4. The summed E-state index contributed by atoms with van der Waals surface area (Å²) in [5.74, 6) is -1.11. The van der Waals surface area contributed by atoms with Crippen molar-refractivity contribution in [3.05, 3.63) is 53.8 Å². The zero-order valence-corrected chi connectivity index (χ0v) is 15.9. The molecule has 1 saturated heterocycles. The minimum absolute atomic E-state index is 0.108. The van der Waals surface area contributed by atoms with Crippen LogP contribution < -0.4 is 4.74 Å². The van der Waals surface area contributed by atoms with E-state index in [9.17, 15) is 29.6 Å². The van der Waals surface area contributed by atoms with Crippen molar-refractivity contribution in [3.8, 4) is 16.9 Å². The molecule has 0 bridgehead atoms. The molecule has 0 spiro atoms. The number of rotatable bonds is 5. The molecule has 4 N–H and O–H groups in total. The number of halogens is 1. The Labute approximate surface area is 166 Å². The molecule has 29 heavy (non-hydrogen) atoms. The second-order valence-electron chi connectivity index (χ2n) is 7.25. The summed E-state index contributed by atoms with van der Waals surface area (Å²) in [5.41, 5.74) is -0.398. The summed E-state index contributed by atoms with van der Waals surface area (Å²) in [6.45, 7) is 2.00. The first-order valence-corrected chi connectivity index (χ1v) is 9.07. The fourth-order valence-electron chi connectivity index (χ4n) is 3.17. The molecule has 2 aromatic rings. The Morgan fingerprint density at radius 2 is 1.90 bits per heavy atom. The molecule has 0 saturated carbocycles. The smallest absolute Gasteiger partial charge is 0.231 e. The Morgan fingerprint density at radius 1 is 1.21 bits per heavy atom. The molecular formula is C21H23FO7. The predicted molar refractivity (Wildman–Crippen MR) is 101 cm³/mol. The van der Waals surface area contributed by atoms with Crippen LogP contribution in [0.3, 0.4) is 0 Å². The molecule has 1 fully saturated rings. The second-order valence-corrected chi connectivity index (χ2v) is 7.25. The van der Waals surface area contributed by atoms with Crippen LogP contribution in [0.5, 0.6) is 5.75 Å². The third-order valence-corrected chi connectivity index (χ3v) is 5.03. The Bertz CT molecular complexity index is 898. The van der Waals surface area contributed by atoms with Crippen LogP contribution in [0.15, 0.2) is 42.5 Å².